The molecule has 108 valence electrons. The molecule has 0 saturated heterocycles. The van der Waals surface area contributed by atoms with Crippen LogP contribution in [0.3, 0.4) is 0 Å². The Bertz CT molecular complexity index is 313. The number of carbonyl (C=O) groups is 2. The van der Waals surface area contributed by atoms with E-state index in [-0.39, 0.29) is 19.6 Å². The Kier molecular flexibility index (Phi) is 8.58. The van der Waals surface area contributed by atoms with Crippen molar-refractivity contribution in [1.29, 1.82) is 0 Å². The SMILES string of the molecule is C=CCC(CC/C=C/C)(C(=O)OCC)C(=O)OCC. The van der Waals surface area contributed by atoms with E-state index in [4.69, 9.17) is 9.47 Å². The average Bonchev–Trinajstić information content (AvgIpc) is 2.38. The van der Waals surface area contributed by atoms with Gasteiger partial charge in [-0.2, -0.15) is 0 Å². The summed E-state index contributed by atoms with van der Waals surface area (Å²) in [4.78, 5) is 24.3. The van der Waals surface area contributed by atoms with Crippen LogP contribution in [0.1, 0.15) is 40.0 Å². The van der Waals surface area contributed by atoms with Crippen LogP contribution in [0.5, 0.6) is 0 Å². The lowest BCUT2D eigenvalue weighted by atomic mass is 9.80. The summed E-state index contributed by atoms with van der Waals surface area (Å²) in [5.41, 5.74) is -1.27. The fraction of sp³-hybridized carbons (Fsp3) is 0.600. The second kappa shape index (κ2) is 9.36. The van der Waals surface area contributed by atoms with Gasteiger partial charge in [0.05, 0.1) is 13.2 Å². The monoisotopic (exact) mass is 268 g/mol. The molecule has 0 rings (SSSR count). The summed E-state index contributed by atoms with van der Waals surface area (Å²) in [6, 6.07) is 0. The predicted octanol–water partition coefficient (Wildman–Crippen LogP) is 3.03. The van der Waals surface area contributed by atoms with E-state index < -0.39 is 17.4 Å². The van der Waals surface area contributed by atoms with Crippen LogP contribution >= 0.6 is 0 Å². The molecule has 19 heavy (non-hydrogen) atoms. The molecule has 0 saturated carbocycles. The first-order valence-corrected chi connectivity index (χ1v) is 6.65. The van der Waals surface area contributed by atoms with E-state index in [2.05, 4.69) is 6.58 Å². The first-order valence-electron chi connectivity index (χ1n) is 6.65. The highest BCUT2D eigenvalue weighted by molar-refractivity contribution is 6.00. The van der Waals surface area contributed by atoms with Gasteiger partial charge in [0.15, 0.2) is 5.41 Å². The first-order chi connectivity index (χ1) is 9.08. The van der Waals surface area contributed by atoms with Crippen molar-refractivity contribution in [3.63, 3.8) is 0 Å². The minimum atomic E-state index is -1.27. The molecule has 0 N–H and O–H groups in total. The van der Waals surface area contributed by atoms with Crippen LogP contribution in [0.4, 0.5) is 0 Å². The van der Waals surface area contributed by atoms with Gasteiger partial charge in [-0.05, 0) is 40.0 Å². The molecule has 4 heteroatoms. The molecular weight excluding hydrogens is 244 g/mol. The van der Waals surface area contributed by atoms with Crippen molar-refractivity contribution in [3.8, 4) is 0 Å². The zero-order valence-electron chi connectivity index (χ0n) is 12.1. The summed E-state index contributed by atoms with van der Waals surface area (Å²) in [7, 11) is 0. The van der Waals surface area contributed by atoms with Crippen molar-refractivity contribution in [2.24, 2.45) is 5.41 Å². The zero-order valence-corrected chi connectivity index (χ0v) is 12.1. The number of hydrogen-bond acceptors (Lipinski definition) is 4. The van der Waals surface area contributed by atoms with Gasteiger partial charge in [0.25, 0.3) is 0 Å². The standard InChI is InChI=1S/C15H24O4/c1-5-9-10-12-15(11-6-2,13(16)18-7-3)14(17)19-8-4/h5-6,9H,2,7-8,10-12H2,1,3-4H3/b9-5+. The van der Waals surface area contributed by atoms with Gasteiger partial charge in [0.2, 0.25) is 0 Å². The molecule has 0 aliphatic carbocycles. The number of esters is 2. The van der Waals surface area contributed by atoms with Crippen LogP contribution in [0.2, 0.25) is 0 Å². The highest BCUT2D eigenvalue weighted by atomic mass is 16.6. The van der Waals surface area contributed by atoms with Crippen molar-refractivity contribution in [1.82, 2.24) is 0 Å². The molecule has 0 bridgehead atoms. The molecule has 4 nitrogen and oxygen atoms in total. The van der Waals surface area contributed by atoms with E-state index in [1.165, 1.54) is 0 Å². The lowest BCUT2D eigenvalue weighted by Gasteiger charge is -2.27. The maximum absolute atomic E-state index is 12.2. The molecule has 0 aromatic heterocycles. The Morgan fingerprint density at radius 1 is 1.16 bits per heavy atom. The van der Waals surface area contributed by atoms with Crippen molar-refractivity contribution in [3.05, 3.63) is 24.8 Å². The summed E-state index contributed by atoms with van der Waals surface area (Å²) in [6.45, 7) is 9.42. The van der Waals surface area contributed by atoms with Crippen LogP contribution in [0.25, 0.3) is 0 Å². The summed E-state index contributed by atoms with van der Waals surface area (Å²) in [6.07, 6.45) is 6.56. The van der Waals surface area contributed by atoms with Gasteiger partial charge in [-0.25, -0.2) is 0 Å². The molecule has 0 radical (unpaired) electrons. The minimum Gasteiger partial charge on any atom is -0.465 e. The predicted molar refractivity (Wildman–Crippen MR) is 74.6 cm³/mol. The van der Waals surface area contributed by atoms with Crippen molar-refractivity contribution in [2.75, 3.05) is 13.2 Å². The Labute approximate surface area is 115 Å². The molecule has 0 aromatic carbocycles. The van der Waals surface area contributed by atoms with Gasteiger partial charge < -0.3 is 9.47 Å². The average molecular weight is 268 g/mol. The van der Waals surface area contributed by atoms with Crippen LogP contribution in [-0.4, -0.2) is 25.2 Å². The fourth-order valence-electron chi connectivity index (χ4n) is 1.84. The van der Waals surface area contributed by atoms with Crippen molar-refractivity contribution in [2.45, 2.75) is 40.0 Å². The summed E-state index contributed by atoms with van der Waals surface area (Å²) in [5.74, 6) is -1.06. The largest absolute Gasteiger partial charge is 0.465 e. The smallest absolute Gasteiger partial charge is 0.323 e. The molecule has 0 aliphatic rings. The number of hydrogen-bond donors (Lipinski definition) is 0. The second-order valence-corrected chi connectivity index (χ2v) is 4.12. The summed E-state index contributed by atoms with van der Waals surface area (Å²) < 4.78 is 10.1. The van der Waals surface area contributed by atoms with Gasteiger partial charge in [-0.1, -0.05) is 18.2 Å². The van der Waals surface area contributed by atoms with Gasteiger partial charge in [-0.15, -0.1) is 6.58 Å². The highest BCUT2D eigenvalue weighted by Crippen LogP contribution is 2.32. The number of rotatable bonds is 9. The van der Waals surface area contributed by atoms with Crippen molar-refractivity contribution < 1.29 is 19.1 Å². The third kappa shape index (κ3) is 4.89. The maximum Gasteiger partial charge on any atom is 0.323 e. The Morgan fingerprint density at radius 3 is 2.05 bits per heavy atom. The number of carbonyl (C=O) groups excluding carboxylic acids is 2. The Balaban J connectivity index is 5.24. The highest BCUT2D eigenvalue weighted by Gasteiger charge is 2.47. The molecule has 0 atom stereocenters. The van der Waals surface area contributed by atoms with Crippen molar-refractivity contribution >= 4 is 11.9 Å². The summed E-state index contributed by atoms with van der Waals surface area (Å²) >= 11 is 0. The van der Waals surface area contributed by atoms with Gasteiger partial charge in [0, 0.05) is 0 Å². The van der Waals surface area contributed by atoms with E-state index in [9.17, 15) is 9.59 Å². The minimum absolute atomic E-state index is 0.224. The Hall–Kier alpha value is -1.58. The second-order valence-electron chi connectivity index (χ2n) is 4.12. The maximum atomic E-state index is 12.2. The molecule has 0 heterocycles. The van der Waals surface area contributed by atoms with E-state index in [0.29, 0.717) is 12.8 Å². The quantitative estimate of drug-likeness (QED) is 0.366. The lowest BCUT2D eigenvalue weighted by Crippen LogP contribution is -2.41. The molecule has 0 aromatic rings. The van der Waals surface area contributed by atoms with Gasteiger partial charge >= 0.3 is 11.9 Å². The topological polar surface area (TPSA) is 52.6 Å². The molecule has 0 spiro atoms. The molecule has 0 fully saturated rings. The Morgan fingerprint density at radius 2 is 1.68 bits per heavy atom. The van der Waals surface area contributed by atoms with E-state index >= 15 is 0 Å². The molecule has 0 unspecified atom stereocenters. The third-order valence-electron chi connectivity index (χ3n) is 2.80. The van der Waals surface area contributed by atoms with Crippen LogP contribution in [0.15, 0.2) is 24.8 Å². The zero-order chi connectivity index (χ0) is 14.7. The first kappa shape index (κ1) is 17.4. The van der Waals surface area contributed by atoms with Crippen LogP contribution < -0.4 is 0 Å². The number of ether oxygens (including phenoxy) is 2. The van der Waals surface area contributed by atoms with E-state index in [1.807, 2.05) is 19.1 Å². The normalized spacial score (nSPS) is 11.3. The van der Waals surface area contributed by atoms with Gasteiger partial charge in [0.1, 0.15) is 0 Å². The number of allylic oxidation sites excluding steroid dienone is 3. The van der Waals surface area contributed by atoms with E-state index in [1.54, 1.807) is 19.9 Å². The third-order valence-corrected chi connectivity index (χ3v) is 2.80. The van der Waals surface area contributed by atoms with Crippen LogP contribution in [-0.2, 0) is 19.1 Å². The van der Waals surface area contributed by atoms with Gasteiger partial charge in [-0.3, -0.25) is 9.59 Å². The molecule has 0 aliphatic heterocycles. The van der Waals surface area contributed by atoms with Crippen LogP contribution in [0, 0.1) is 5.41 Å². The molecular formula is C15H24O4. The van der Waals surface area contributed by atoms with E-state index in [0.717, 1.165) is 0 Å². The summed E-state index contributed by atoms with van der Waals surface area (Å²) in [5, 5.41) is 0. The molecule has 0 amide bonds. The lowest BCUT2D eigenvalue weighted by molar-refractivity contribution is -0.172. The fourth-order valence-corrected chi connectivity index (χ4v) is 1.84.